The molecule has 1 aliphatic rings. The Kier molecular flexibility index (Phi) is 10.4. The van der Waals surface area contributed by atoms with E-state index in [1.165, 1.54) is 12.1 Å². The SMILES string of the molecule is CCNC(=NCCCS(=O)(=O)c1ccccc1)N1CC(C)OC(c2ccc(F)cc2)C1.I. The number of nitrogens with one attached hydrogen (secondary N) is 1. The highest BCUT2D eigenvalue weighted by atomic mass is 127. The standard InChI is InChI=1S/C23H30FN3O3S.HI/c1-3-25-23(26-14-7-15-31(28,29)21-8-5-4-6-9-21)27-16-18(2)30-22(17-27)19-10-12-20(24)13-11-19;/h4-6,8-13,18,22H,3,7,14-17H2,1-2H3,(H,25,26);1H. The summed E-state index contributed by atoms with van der Waals surface area (Å²) < 4.78 is 44.2. The van der Waals surface area contributed by atoms with Crippen molar-refractivity contribution in [2.45, 2.75) is 37.4 Å². The average molecular weight is 575 g/mol. The minimum absolute atomic E-state index is 0. The van der Waals surface area contributed by atoms with E-state index in [4.69, 9.17) is 4.74 Å². The molecule has 1 aliphatic heterocycles. The summed E-state index contributed by atoms with van der Waals surface area (Å²) in [4.78, 5) is 7.13. The Bertz CT molecular complexity index is 972. The first-order valence-corrected chi connectivity index (χ1v) is 12.3. The van der Waals surface area contributed by atoms with E-state index in [-0.39, 0.29) is 47.8 Å². The van der Waals surface area contributed by atoms with Crippen LogP contribution in [-0.4, -0.2) is 57.3 Å². The molecule has 1 saturated heterocycles. The van der Waals surface area contributed by atoms with Gasteiger partial charge in [0, 0.05) is 19.6 Å². The molecule has 2 unspecified atom stereocenters. The second kappa shape index (κ2) is 12.5. The van der Waals surface area contributed by atoms with Crippen molar-refractivity contribution in [2.75, 3.05) is 31.9 Å². The van der Waals surface area contributed by atoms with Gasteiger partial charge >= 0.3 is 0 Å². The average Bonchev–Trinajstić information content (AvgIpc) is 2.76. The fourth-order valence-electron chi connectivity index (χ4n) is 3.60. The number of hydrogen-bond donors (Lipinski definition) is 1. The van der Waals surface area contributed by atoms with Crippen LogP contribution >= 0.6 is 24.0 Å². The Hall–Kier alpha value is -1.72. The monoisotopic (exact) mass is 575 g/mol. The van der Waals surface area contributed by atoms with E-state index in [2.05, 4.69) is 15.2 Å². The van der Waals surface area contributed by atoms with Gasteiger partial charge < -0.3 is 15.0 Å². The van der Waals surface area contributed by atoms with Gasteiger partial charge in [0.15, 0.2) is 15.8 Å². The van der Waals surface area contributed by atoms with Crippen molar-refractivity contribution in [3.63, 3.8) is 0 Å². The molecule has 6 nitrogen and oxygen atoms in total. The predicted molar refractivity (Wildman–Crippen MR) is 136 cm³/mol. The number of benzene rings is 2. The van der Waals surface area contributed by atoms with Crippen molar-refractivity contribution in [1.29, 1.82) is 0 Å². The zero-order valence-electron chi connectivity index (χ0n) is 18.4. The van der Waals surface area contributed by atoms with E-state index in [0.717, 1.165) is 11.5 Å². The molecular formula is C23H31FIN3O3S. The molecule has 0 amide bonds. The number of ether oxygens (including phenoxy) is 1. The van der Waals surface area contributed by atoms with Gasteiger partial charge in [0.05, 0.1) is 23.3 Å². The van der Waals surface area contributed by atoms with Gasteiger partial charge in [0.1, 0.15) is 11.9 Å². The van der Waals surface area contributed by atoms with Gasteiger partial charge in [-0.15, -0.1) is 24.0 Å². The molecule has 2 aromatic carbocycles. The van der Waals surface area contributed by atoms with Crippen LogP contribution in [-0.2, 0) is 14.6 Å². The third-order valence-corrected chi connectivity index (χ3v) is 6.89. The van der Waals surface area contributed by atoms with E-state index >= 15 is 0 Å². The van der Waals surface area contributed by atoms with Crippen molar-refractivity contribution in [1.82, 2.24) is 10.2 Å². The quantitative estimate of drug-likeness (QED) is 0.234. The number of nitrogens with zero attached hydrogens (tertiary/aromatic N) is 2. The molecule has 1 fully saturated rings. The molecule has 0 aromatic heterocycles. The maximum Gasteiger partial charge on any atom is 0.194 e. The Labute approximate surface area is 207 Å². The zero-order chi connectivity index (χ0) is 22.3. The highest BCUT2D eigenvalue weighted by Gasteiger charge is 2.28. The van der Waals surface area contributed by atoms with Gasteiger partial charge in [-0.1, -0.05) is 30.3 Å². The van der Waals surface area contributed by atoms with Crippen LogP contribution in [0.2, 0.25) is 0 Å². The fourth-order valence-corrected chi connectivity index (χ4v) is 4.91. The van der Waals surface area contributed by atoms with Gasteiger partial charge in [-0.25, -0.2) is 12.8 Å². The van der Waals surface area contributed by atoms with Gasteiger partial charge in [-0.05, 0) is 50.1 Å². The Morgan fingerprint density at radius 1 is 1.16 bits per heavy atom. The second-order valence-corrected chi connectivity index (χ2v) is 9.72. The minimum atomic E-state index is -3.31. The molecule has 0 aliphatic carbocycles. The maximum absolute atomic E-state index is 13.3. The lowest BCUT2D eigenvalue weighted by molar-refractivity contribution is -0.0605. The largest absolute Gasteiger partial charge is 0.367 e. The van der Waals surface area contributed by atoms with E-state index < -0.39 is 9.84 Å². The third-order valence-electron chi connectivity index (χ3n) is 5.07. The van der Waals surface area contributed by atoms with Crippen molar-refractivity contribution in [2.24, 2.45) is 4.99 Å². The first kappa shape index (κ1) is 26.5. The van der Waals surface area contributed by atoms with Crippen molar-refractivity contribution < 1.29 is 17.5 Å². The Morgan fingerprint density at radius 3 is 2.50 bits per heavy atom. The fraction of sp³-hybridized carbons (Fsp3) is 0.435. The first-order valence-electron chi connectivity index (χ1n) is 10.6. The van der Waals surface area contributed by atoms with Crippen LogP contribution in [0.4, 0.5) is 4.39 Å². The molecule has 32 heavy (non-hydrogen) atoms. The Morgan fingerprint density at radius 2 is 1.84 bits per heavy atom. The molecule has 0 radical (unpaired) electrons. The van der Waals surface area contributed by atoms with Crippen molar-refractivity contribution in [3.8, 4) is 0 Å². The maximum atomic E-state index is 13.3. The second-order valence-electron chi connectivity index (χ2n) is 7.61. The number of hydrogen-bond acceptors (Lipinski definition) is 4. The first-order chi connectivity index (χ1) is 14.9. The molecule has 9 heteroatoms. The van der Waals surface area contributed by atoms with Crippen LogP contribution < -0.4 is 5.32 Å². The molecule has 2 atom stereocenters. The summed E-state index contributed by atoms with van der Waals surface area (Å²) >= 11 is 0. The van der Waals surface area contributed by atoms with Crippen LogP contribution in [0.3, 0.4) is 0 Å². The van der Waals surface area contributed by atoms with Crippen molar-refractivity contribution in [3.05, 3.63) is 66.0 Å². The molecule has 0 saturated carbocycles. The number of guanidine groups is 1. The predicted octanol–water partition coefficient (Wildman–Crippen LogP) is 4.04. The summed E-state index contributed by atoms with van der Waals surface area (Å²) in [5.74, 6) is 0.518. The number of halogens is 2. The zero-order valence-corrected chi connectivity index (χ0v) is 21.6. The van der Waals surface area contributed by atoms with E-state index in [1.807, 2.05) is 13.8 Å². The molecule has 176 valence electrons. The van der Waals surface area contributed by atoms with E-state index in [0.29, 0.717) is 37.5 Å². The van der Waals surface area contributed by atoms with Crippen LogP contribution in [0.1, 0.15) is 31.9 Å². The molecular weight excluding hydrogens is 544 g/mol. The van der Waals surface area contributed by atoms with Gasteiger partial charge in [-0.2, -0.15) is 0 Å². The summed E-state index contributed by atoms with van der Waals surface area (Å²) in [6.07, 6.45) is 0.228. The lowest BCUT2D eigenvalue weighted by Crippen LogP contribution is -2.50. The highest BCUT2D eigenvalue weighted by Crippen LogP contribution is 2.25. The number of rotatable bonds is 7. The Balaban J connectivity index is 0.00000363. The number of aliphatic imine (C=N–C) groups is 1. The van der Waals surface area contributed by atoms with Gasteiger partial charge in [0.25, 0.3) is 0 Å². The normalized spacial score (nSPS) is 19.3. The van der Waals surface area contributed by atoms with Gasteiger partial charge in [-0.3, -0.25) is 4.99 Å². The lowest BCUT2D eigenvalue weighted by Gasteiger charge is -2.38. The topological polar surface area (TPSA) is 71.0 Å². The molecule has 3 rings (SSSR count). The van der Waals surface area contributed by atoms with Crippen molar-refractivity contribution >= 4 is 39.8 Å². The lowest BCUT2D eigenvalue weighted by atomic mass is 10.1. The van der Waals surface area contributed by atoms with Crippen LogP contribution in [0, 0.1) is 5.82 Å². The summed E-state index contributed by atoms with van der Waals surface area (Å²) in [7, 11) is -3.31. The summed E-state index contributed by atoms with van der Waals surface area (Å²) in [5, 5.41) is 3.29. The van der Waals surface area contributed by atoms with Crippen LogP contribution in [0.5, 0.6) is 0 Å². The molecule has 0 bridgehead atoms. The highest BCUT2D eigenvalue weighted by molar-refractivity contribution is 14.0. The third kappa shape index (κ3) is 7.41. The molecule has 1 N–H and O–H groups in total. The molecule has 1 heterocycles. The minimum Gasteiger partial charge on any atom is -0.367 e. The smallest absolute Gasteiger partial charge is 0.194 e. The van der Waals surface area contributed by atoms with Gasteiger partial charge in [0.2, 0.25) is 0 Å². The summed E-state index contributed by atoms with van der Waals surface area (Å²) in [6.45, 7) is 6.36. The van der Waals surface area contributed by atoms with Crippen LogP contribution in [0.15, 0.2) is 64.5 Å². The number of morpholine rings is 1. The number of sulfone groups is 1. The van der Waals surface area contributed by atoms with E-state index in [9.17, 15) is 12.8 Å². The molecule has 0 spiro atoms. The summed E-state index contributed by atoms with van der Waals surface area (Å²) in [5.41, 5.74) is 0.919. The van der Waals surface area contributed by atoms with E-state index in [1.54, 1.807) is 42.5 Å². The summed E-state index contributed by atoms with van der Waals surface area (Å²) in [6, 6.07) is 14.9. The molecule has 2 aromatic rings. The van der Waals surface area contributed by atoms with Crippen LogP contribution in [0.25, 0.3) is 0 Å².